The normalized spacial score (nSPS) is 10.0. The minimum atomic E-state index is -0.111. The molecule has 0 heterocycles. The predicted molar refractivity (Wildman–Crippen MR) is 89.5 cm³/mol. The van der Waals surface area contributed by atoms with Gasteiger partial charge in [0.15, 0.2) is 6.61 Å². The smallest absolute Gasteiger partial charge is 0.264 e. The van der Waals surface area contributed by atoms with E-state index in [0.29, 0.717) is 23.8 Å². The maximum atomic E-state index is 12.4. The van der Waals surface area contributed by atoms with Gasteiger partial charge in [-0.15, -0.1) is 0 Å². The number of benzene rings is 2. The zero-order valence-electron chi connectivity index (χ0n) is 13.6. The van der Waals surface area contributed by atoms with Crippen LogP contribution in [0.15, 0.2) is 48.5 Å². The van der Waals surface area contributed by atoms with E-state index in [0.717, 1.165) is 5.69 Å². The second kappa shape index (κ2) is 8.08. The molecule has 0 saturated heterocycles. The third-order valence-electron chi connectivity index (χ3n) is 3.37. The molecule has 0 fully saturated rings. The SMILES string of the molecule is CCN(C(=O)COc1cc(OC)cc(OC)c1)c1ccccc1. The van der Waals surface area contributed by atoms with Crippen molar-refractivity contribution >= 4 is 11.6 Å². The number of carbonyl (C=O) groups excluding carboxylic acids is 1. The van der Waals surface area contributed by atoms with E-state index < -0.39 is 0 Å². The van der Waals surface area contributed by atoms with Crippen LogP contribution in [0.2, 0.25) is 0 Å². The third kappa shape index (κ3) is 4.39. The maximum Gasteiger partial charge on any atom is 0.264 e. The minimum Gasteiger partial charge on any atom is -0.496 e. The summed E-state index contributed by atoms with van der Waals surface area (Å²) in [7, 11) is 3.13. The number of hydrogen-bond donors (Lipinski definition) is 0. The number of para-hydroxylation sites is 1. The zero-order valence-corrected chi connectivity index (χ0v) is 13.6. The van der Waals surface area contributed by atoms with E-state index in [-0.39, 0.29) is 12.5 Å². The molecule has 5 heteroatoms. The number of ether oxygens (including phenoxy) is 3. The summed E-state index contributed by atoms with van der Waals surface area (Å²) in [4.78, 5) is 14.1. The molecule has 1 amide bonds. The van der Waals surface area contributed by atoms with Gasteiger partial charge in [-0.05, 0) is 19.1 Å². The lowest BCUT2D eigenvalue weighted by molar-refractivity contribution is -0.120. The summed E-state index contributed by atoms with van der Waals surface area (Å²) in [5, 5.41) is 0. The lowest BCUT2D eigenvalue weighted by Gasteiger charge is -2.21. The summed E-state index contributed by atoms with van der Waals surface area (Å²) in [5.74, 6) is 1.64. The summed E-state index contributed by atoms with van der Waals surface area (Å²) in [6.45, 7) is 2.45. The van der Waals surface area contributed by atoms with E-state index in [2.05, 4.69) is 0 Å². The lowest BCUT2D eigenvalue weighted by atomic mass is 10.3. The van der Waals surface area contributed by atoms with E-state index in [4.69, 9.17) is 14.2 Å². The van der Waals surface area contributed by atoms with Gasteiger partial charge in [0.2, 0.25) is 0 Å². The van der Waals surface area contributed by atoms with Crippen molar-refractivity contribution in [3.05, 3.63) is 48.5 Å². The number of hydrogen-bond acceptors (Lipinski definition) is 4. The molecule has 0 aliphatic rings. The van der Waals surface area contributed by atoms with Crippen LogP contribution in [0, 0.1) is 0 Å². The molecule has 0 aliphatic carbocycles. The van der Waals surface area contributed by atoms with E-state index >= 15 is 0 Å². The fourth-order valence-electron chi connectivity index (χ4n) is 2.20. The molecular weight excluding hydrogens is 294 g/mol. The van der Waals surface area contributed by atoms with Crippen LogP contribution in [0.4, 0.5) is 5.69 Å². The van der Waals surface area contributed by atoms with Crippen molar-refractivity contribution < 1.29 is 19.0 Å². The van der Waals surface area contributed by atoms with Gasteiger partial charge in [-0.25, -0.2) is 0 Å². The quantitative estimate of drug-likeness (QED) is 0.787. The van der Waals surface area contributed by atoms with Crippen molar-refractivity contribution in [3.63, 3.8) is 0 Å². The fourth-order valence-corrected chi connectivity index (χ4v) is 2.20. The molecule has 122 valence electrons. The summed E-state index contributed by atoms with van der Waals surface area (Å²) in [5.41, 5.74) is 0.854. The Kier molecular flexibility index (Phi) is 5.86. The molecule has 0 aromatic heterocycles. The average Bonchev–Trinajstić information content (AvgIpc) is 2.61. The first-order valence-electron chi connectivity index (χ1n) is 7.39. The largest absolute Gasteiger partial charge is 0.496 e. The van der Waals surface area contributed by atoms with Gasteiger partial charge in [-0.1, -0.05) is 18.2 Å². The Labute approximate surface area is 136 Å². The van der Waals surface area contributed by atoms with Crippen LogP contribution in [-0.2, 0) is 4.79 Å². The molecule has 2 rings (SSSR count). The third-order valence-corrected chi connectivity index (χ3v) is 3.37. The van der Waals surface area contributed by atoms with Crippen molar-refractivity contribution in [2.75, 3.05) is 32.3 Å². The van der Waals surface area contributed by atoms with E-state index in [1.807, 2.05) is 37.3 Å². The molecule has 0 bridgehead atoms. The van der Waals surface area contributed by atoms with Gasteiger partial charge in [0.1, 0.15) is 17.2 Å². The number of likely N-dealkylation sites (N-methyl/N-ethyl adjacent to an activating group) is 1. The van der Waals surface area contributed by atoms with Gasteiger partial charge >= 0.3 is 0 Å². The van der Waals surface area contributed by atoms with Crippen LogP contribution < -0.4 is 19.1 Å². The summed E-state index contributed by atoms with van der Waals surface area (Å²) < 4.78 is 16.0. The number of nitrogens with zero attached hydrogens (tertiary/aromatic N) is 1. The number of carbonyl (C=O) groups is 1. The van der Waals surface area contributed by atoms with Crippen LogP contribution in [0.3, 0.4) is 0 Å². The summed E-state index contributed by atoms with van der Waals surface area (Å²) in [6.07, 6.45) is 0. The van der Waals surface area contributed by atoms with Gasteiger partial charge < -0.3 is 19.1 Å². The van der Waals surface area contributed by atoms with E-state index in [1.165, 1.54) is 0 Å². The Morgan fingerprint density at radius 3 is 2.04 bits per heavy atom. The van der Waals surface area contributed by atoms with Gasteiger partial charge in [-0.3, -0.25) is 4.79 Å². The summed E-state index contributed by atoms with van der Waals surface area (Å²) in [6, 6.07) is 14.7. The molecule has 0 spiro atoms. The molecule has 0 unspecified atom stereocenters. The molecule has 5 nitrogen and oxygen atoms in total. The van der Waals surface area contributed by atoms with Crippen molar-refractivity contribution in [1.82, 2.24) is 0 Å². The second-order valence-electron chi connectivity index (χ2n) is 4.81. The lowest BCUT2D eigenvalue weighted by Crippen LogP contribution is -2.34. The van der Waals surface area contributed by atoms with Crippen molar-refractivity contribution in [2.24, 2.45) is 0 Å². The van der Waals surface area contributed by atoms with Crippen molar-refractivity contribution in [2.45, 2.75) is 6.92 Å². The number of rotatable bonds is 7. The average molecular weight is 315 g/mol. The Hall–Kier alpha value is -2.69. The predicted octanol–water partition coefficient (Wildman–Crippen LogP) is 3.14. The van der Waals surface area contributed by atoms with E-state index in [1.54, 1.807) is 37.3 Å². The molecular formula is C18H21NO4. The Morgan fingerprint density at radius 2 is 1.52 bits per heavy atom. The van der Waals surface area contributed by atoms with Gasteiger partial charge in [0, 0.05) is 30.4 Å². The molecule has 0 N–H and O–H groups in total. The maximum absolute atomic E-state index is 12.4. The van der Waals surface area contributed by atoms with Crippen LogP contribution >= 0.6 is 0 Å². The first-order chi connectivity index (χ1) is 11.2. The number of methoxy groups -OCH3 is 2. The Morgan fingerprint density at radius 1 is 0.957 bits per heavy atom. The molecule has 0 atom stereocenters. The highest BCUT2D eigenvalue weighted by Gasteiger charge is 2.14. The Bertz CT molecular complexity index is 620. The highest BCUT2D eigenvalue weighted by molar-refractivity contribution is 5.94. The van der Waals surface area contributed by atoms with Gasteiger partial charge in [0.05, 0.1) is 14.2 Å². The van der Waals surface area contributed by atoms with Crippen LogP contribution in [-0.4, -0.2) is 33.3 Å². The zero-order chi connectivity index (χ0) is 16.7. The Balaban J connectivity index is 2.06. The number of amides is 1. The molecule has 0 aliphatic heterocycles. The molecule has 2 aromatic carbocycles. The molecule has 0 saturated carbocycles. The monoisotopic (exact) mass is 315 g/mol. The minimum absolute atomic E-state index is 0.0565. The molecule has 0 radical (unpaired) electrons. The molecule has 23 heavy (non-hydrogen) atoms. The first-order valence-corrected chi connectivity index (χ1v) is 7.39. The van der Waals surface area contributed by atoms with Crippen LogP contribution in [0.1, 0.15) is 6.92 Å². The van der Waals surface area contributed by atoms with Crippen LogP contribution in [0.25, 0.3) is 0 Å². The van der Waals surface area contributed by atoms with E-state index in [9.17, 15) is 4.79 Å². The summed E-state index contributed by atoms with van der Waals surface area (Å²) >= 11 is 0. The molecule has 2 aromatic rings. The van der Waals surface area contributed by atoms with Crippen LogP contribution in [0.5, 0.6) is 17.2 Å². The standard InChI is InChI=1S/C18H21NO4/c1-4-19(14-8-6-5-7-9-14)18(20)13-23-17-11-15(21-2)10-16(12-17)22-3/h5-12H,4,13H2,1-3H3. The van der Waals surface area contributed by atoms with Gasteiger partial charge in [-0.2, -0.15) is 0 Å². The highest BCUT2D eigenvalue weighted by Crippen LogP contribution is 2.27. The first kappa shape index (κ1) is 16.7. The number of anilines is 1. The topological polar surface area (TPSA) is 48.0 Å². The fraction of sp³-hybridized carbons (Fsp3) is 0.278. The van der Waals surface area contributed by atoms with Crippen molar-refractivity contribution in [1.29, 1.82) is 0 Å². The van der Waals surface area contributed by atoms with Crippen molar-refractivity contribution in [3.8, 4) is 17.2 Å². The second-order valence-corrected chi connectivity index (χ2v) is 4.81. The van der Waals surface area contributed by atoms with Gasteiger partial charge in [0.25, 0.3) is 5.91 Å². The highest BCUT2D eigenvalue weighted by atomic mass is 16.5.